The maximum absolute atomic E-state index is 6.21. The number of piperazine rings is 1. The molecule has 2 heterocycles. The lowest BCUT2D eigenvalue weighted by molar-refractivity contribution is 0.133. The molecule has 0 amide bonds. The first-order valence-electron chi connectivity index (χ1n) is 9.41. The molecule has 0 saturated carbocycles. The average Bonchev–Trinajstić information content (AvgIpc) is 3.07. The second-order valence-corrected chi connectivity index (χ2v) is 8.15. The summed E-state index contributed by atoms with van der Waals surface area (Å²) in [6, 6.07) is 6.62. The number of nitrogens with zero attached hydrogens (tertiary/aromatic N) is 6. The van der Waals surface area contributed by atoms with E-state index < -0.39 is 0 Å². The van der Waals surface area contributed by atoms with Crippen molar-refractivity contribution in [3.63, 3.8) is 0 Å². The number of halogens is 1. The highest BCUT2D eigenvalue weighted by atomic mass is 35.5. The van der Waals surface area contributed by atoms with Crippen molar-refractivity contribution in [1.29, 1.82) is 0 Å². The van der Waals surface area contributed by atoms with Gasteiger partial charge in [0.15, 0.2) is 5.82 Å². The van der Waals surface area contributed by atoms with Crippen molar-refractivity contribution in [2.75, 3.05) is 31.1 Å². The summed E-state index contributed by atoms with van der Waals surface area (Å²) < 4.78 is 1.96. The molecule has 1 aromatic carbocycles. The fourth-order valence-corrected chi connectivity index (χ4v) is 3.98. The van der Waals surface area contributed by atoms with E-state index in [1.54, 1.807) is 0 Å². The number of aryl methyl sites for hydroxylation is 1. The third-order valence-corrected chi connectivity index (χ3v) is 5.36. The molecule has 0 radical (unpaired) electrons. The molecule has 0 bridgehead atoms. The van der Waals surface area contributed by atoms with E-state index in [9.17, 15) is 0 Å². The molecule has 26 heavy (non-hydrogen) atoms. The van der Waals surface area contributed by atoms with Crippen LogP contribution < -0.4 is 4.90 Å². The Morgan fingerprint density at radius 3 is 2.35 bits per heavy atom. The summed E-state index contributed by atoms with van der Waals surface area (Å²) in [4.78, 5) is 4.95. The van der Waals surface area contributed by atoms with Crippen LogP contribution >= 0.6 is 11.6 Å². The summed E-state index contributed by atoms with van der Waals surface area (Å²) in [6.07, 6.45) is 0. The summed E-state index contributed by atoms with van der Waals surface area (Å²) >= 11 is 6.21. The quantitative estimate of drug-likeness (QED) is 0.795. The van der Waals surface area contributed by atoms with E-state index in [1.165, 1.54) is 11.3 Å². The van der Waals surface area contributed by atoms with Gasteiger partial charge in [0.25, 0.3) is 0 Å². The van der Waals surface area contributed by atoms with E-state index in [2.05, 4.69) is 72.1 Å². The third kappa shape index (κ3) is 3.86. The van der Waals surface area contributed by atoms with Crippen LogP contribution in [0.1, 0.15) is 51.2 Å². The van der Waals surface area contributed by atoms with Gasteiger partial charge in [0.2, 0.25) is 0 Å². The molecule has 1 atom stereocenters. The van der Waals surface area contributed by atoms with Gasteiger partial charge in [-0.3, -0.25) is 4.90 Å². The minimum atomic E-state index is 0.231. The zero-order valence-electron chi connectivity index (χ0n) is 16.4. The molecule has 142 valence electrons. The second-order valence-electron chi connectivity index (χ2n) is 7.72. The summed E-state index contributed by atoms with van der Waals surface area (Å²) in [7, 11) is 0. The van der Waals surface area contributed by atoms with Crippen LogP contribution in [0.3, 0.4) is 0 Å². The molecule has 1 unspecified atom stereocenters. The van der Waals surface area contributed by atoms with Crippen LogP contribution in [-0.2, 0) is 0 Å². The molecule has 1 aromatic heterocycles. The molecule has 6 nitrogen and oxygen atoms in total. The molecule has 1 saturated heterocycles. The Bertz CT molecular complexity index is 733. The van der Waals surface area contributed by atoms with E-state index >= 15 is 0 Å². The van der Waals surface area contributed by atoms with Gasteiger partial charge in [0.1, 0.15) is 0 Å². The molecule has 0 spiro atoms. The number of anilines is 1. The SMILES string of the molecule is Cc1ccc(Cl)cc1N1CCN(C(c2nnnn2C(C)C)C(C)C)CC1. The van der Waals surface area contributed by atoms with Crippen molar-refractivity contribution in [1.82, 2.24) is 25.1 Å². The van der Waals surface area contributed by atoms with Gasteiger partial charge >= 0.3 is 0 Å². The molecule has 7 heteroatoms. The molecule has 2 aromatic rings. The number of rotatable bonds is 5. The van der Waals surface area contributed by atoms with Gasteiger partial charge < -0.3 is 4.90 Å². The Labute approximate surface area is 161 Å². The van der Waals surface area contributed by atoms with E-state index in [0.717, 1.165) is 37.0 Å². The van der Waals surface area contributed by atoms with Crippen molar-refractivity contribution < 1.29 is 0 Å². The molecule has 1 aliphatic heterocycles. The zero-order valence-corrected chi connectivity index (χ0v) is 17.1. The maximum atomic E-state index is 6.21. The van der Waals surface area contributed by atoms with Crippen LogP contribution in [0.2, 0.25) is 5.02 Å². The number of benzene rings is 1. The van der Waals surface area contributed by atoms with E-state index in [0.29, 0.717) is 5.92 Å². The monoisotopic (exact) mass is 376 g/mol. The molecule has 0 aliphatic carbocycles. The van der Waals surface area contributed by atoms with Gasteiger partial charge in [0, 0.05) is 36.9 Å². The Balaban J connectivity index is 1.76. The lowest BCUT2D eigenvalue weighted by atomic mass is 10.00. The highest BCUT2D eigenvalue weighted by Crippen LogP contribution is 2.31. The topological polar surface area (TPSA) is 50.1 Å². The first-order valence-corrected chi connectivity index (χ1v) is 9.79. The summed E-state index contributed by atoms with van der Waals surface area (Å²) in [6.45, 7) is 14.8. The molecular formula is C19H29ClN6. The van der Waals surface area contributed by atoms with Gasteiger partial charge in [-0.25, -0.2) is 4.68 Å². The summed E-state index contributed by atoms with van der Waals surface area (Å²) in [5.41, 5.74) is 2.51. The van der Waals surface area contributed by atoms with Crippen LogP contribution in [-0.4, -0.2) is 51.3 Å². The van der Waals surface area contributed by atoms with Crippen LogP contribution in [0.15, 0.2) is 18.2 Å². The van der Waals surface area contributed by atoms with Crippen molar-refractivity contribution in [3.05, 3.63) is 34.6 Å². The molecule has 0 N–H and O–H groups in total. The fraction of sp³-hybridized carbons (Fsp3) is 0.632. The van der Waals surface area contributed by atoms with Crippen LogP contribution in [0.5, 0.6) is 0 Å². The third-order valence-electron chi connectivity index (χ3n) is 5.12. The number of hydrogen-bond acceptors (Lipinski definition) is 5. The Morgan fingerprint density at radius 2 is 1.73 bits per heavy atom. The molecule has 1 aliphatic rings. The maximum Gasteiger partial charge on any atom is 0.168 e. The zero-order chi connectivity index (χ0) is 18.8. The van der Waals surface area contributed by atoms with Gasteiger partial charge in [-0.1, -0.05) is 31.5 Å². The predicted molar refractivity (Wildman–Crippen MR) is 106 cm³/mol. The number of hydrogen-bond donors (Lipinski definition) is 0. The van der Waals surface area contributed by atoms with E-state index in [-0.39, 0.29) is 12.1 Å². The highest BCUT2D eigenvalue weighted by molar-refractivity contribution is 6.30. The van der Waals surface area contributed by atoms with Gasteiger partial charge in [-0.2, -0.15) is 0 Å². The molecular weight excluding hydrogens is 348 g/mol. The van der Waals surface area contributed by atoms with Crippen molar-refractivity contribution >= 4 is 17.3 Å². The Kier molecular flexibility index (Phi) is 5.82. The molecule has 3 rings (SSSR count). The molecule has 1 fully saturated rings. The van der Waals surface area contributed by atoms with Gasteiger partial charge in [0.05, 0.1) is 12.1 Å². The second kappa shape index (κ2) is 7.92. The van der Waals surface area contributed by atoms with Crippen LogP contribution in [0.25, 0.3) is 0 Å². The first-order chi connectivity index (χ1) is 12.4. The number of tetrazole rings is 1. The Morgan fingerprint density at radius 1 is 1.04 bits per heavy atom. The standard InChI is InChI=1S/C19H29ClN6/c1-13(2)18(19-21-22-23-26(19)14(3)4)25-10-8-24(9-11-25)17-12-16(20)7-6-15(17)5/h6-7,12-14,18H,8-11H2,1-5H3. The van der Waals surface area contributed by atoms with Crippen molar-refractivity contribution in [2.24, 2.45) is 5.92 Å². The normalized spacial score (nSPS) is 17.3. The van der Waals surface area contributed by atoms with Crippen LogP contribution in [0.4, 0.5) is 5.69 Å². The first kappa shape index (κ1) is 19.1. The smallest absolute Gasteiger partial charge is 0.168 e. The number of aromatic nitrogens is 4. The van der Waals surface area contributed by atoms with Crippen LogP contribution in [0, 0.1) is 12.8 Å². The lowest BCUT2D eigenvalue weighted by Crippen LogP contribution is -2.49. The minimum absolute atomic E-state index is 0.231. The fourth-order valence-electron chi connectivity index (χ4n) is 3.81. The van der Waals surface area contributed by atoms with Crippen molar-refractivity contribution in [2.45, 2.75) is 46.7 Å². The highest BCUT2D eigenvalue weighted by Gasteiger charge is 2.32. The Hall–Kier alpha value is -1.66. The van der Waals surface area contributed by atoms with Gasteiger partial charge in [-0.15, -0.1) is 5.10 Å². The summed E-state index contributed by atoms with van der Waals surface area (Å²) in [5.74, 6) is 1.42. The minimum Gasteiger partial charge on any atom is -0.369 e. The summed E-state index contributed by atoms with van der Waals surface area (Å²) in [5, 5.41) is 13.3. The predicted octanol–water partition coefficient (Wildman–Crippen LogP) is 3.74. The van der Waals surface area contributed by atoms with Crippen molar-refractivity contribution in [3.8, 4) is 0 Å². The lowest BCUT2D eigenvalue weighted by Gasteiger charge is -2.41. The largest absolute Gasteiger partial charge is 0.369 e. The average molecular weight is 377 g/mol. The van der Waals surface area contributed by atoms with Gasteiger partial charge in [-0.05, 0) is 54.8 Å². The van der Waals surface area contributed by atoms with E-state index in [1.807, 2.05) is 10.7 Å². The van der Waals surface area contributed by atoms with E-state index in [4.69, 9.17) is 11.6 Å².